The number of nitro benzene ring substituents is 1. The van der Waals surface area contributed by atoms with E-state index in [2.05, 4.69) is 12.2 Å². The fourth-order valence-electron chi connectivity index (χ4n) is 2.60. The third-order valence-electron chi connectivity index (χ3n) is 3.64. The molecule has 0 aliphatic heterocycles. The summed E-state index contributed by atoms with van der Waals surface area (Å²) in [6.07, 6.45) is 3.16. The largest absolute Gasteiger partial charge is 0.393 e. The molecule has 0 bridgehead atoms. The Morgan fingerprint density at radius 2 is 2.29 bits per heavy atom. The first-order valence-electron chi connectivity index (χ1n) is 6.99. The maximum Gasteiger partial charge on any atom is 0.292 e. The van der Waals surface area contributed by atoms with Crippen LogP contribution in [0.2, 0.25) is 0 Å². The van der Waals surface area contributed by atoms with Gasteiger partial charge < -0.3 is 11.1 Å². The van der Waals surface area contributed by atoms with E-state index in [1.165, 1.54) is 18.2 Å². The molecule has 1 aliphatic rings. The number of benzene rings is 1. The SMILES string of the molecule is CCSC1CCCC1NC(=O)c1ccc(N)c([N+](=O)[O-])c1. The number of carbonyl (C=O) groups excluding carboxylic acids is 1. The van der Waals surface area contributed by atoms with Gasteiger partial charge in [0, 0.05) is 22.9 Å². The molecule has 0 aromatic heterocycles. The molecule has 1 amide bonds. The third-order valence-corrected chi connectivity index (χ3v) is 4.96. The average molecular weight is 309 g/mol. The van der Waals surface area contributed by atoms with Gasteiger partial charge in [0.2, 0.25) is 0 Å². The highest BCUT2D eigenvalue weighted by Gasteiger charge is 2.29. The van der Waals surface area contributed by atoms with E-state index >= 15 is 0 Å². The zero-order chi connectivity index (χ0) is 15.4. The monoisotopic (exact) mass is 309 g/mol. The van der Waals surface area contributed by atoms with Crippen LogP contribution in [0.4, 0.5) is 11.4 Å². The Balaban J connectivity index is 2.10. The number of amides is 1. The standard InChI is InChI=1S/C14H19N3O3S/c1-2-21-13-5-3-4-11(13)16-14(18)9-6-7-10(15)12(8-9)17(19)20/h6-8,11,13H,2-5,15H2,1H3,(H,16,18). The molecule has 1 saturated carbocycles. The zero-order valence-corrected chi connectivity index (χ0v) is 12.7. The number of nitrogens with two attached hydrogens (primary N) is 1. The van der Waals surface area contributed by atoms with Gasteiger partial charge in [-0.05, 0) is 30.7 Å². The first-order valence-corrected chi connectivity index (χ1v) is 8.04. The van der Waals surface area contributed by atoms with Crippen LogP contribution in [0.5, 0.6) is 0 Å². The number of hydrogen-bond acceptors (Lipinski definition) is 5. The maximum absolute atomic E-state index is 12.3. The van der Waals surface area contributed by atoms with Crippen molar-refractivity contribution >= 4 is 29.0 Å². The molecule has 1 aromatic carbocycles. The van der Waals surface area contributed by atoms with Gasteiger partial charge in [0.05, 0.1) is 4.92 Å². The topological polar surface area (TPSA) is 98.3 Å². The first kappa shape index (κ1) is 15.6. The van der Waals surface area contributed by atoms with Crippen molar-refractivity contribution in [2.75, 3.05) is 11.5 Å². The van der Waals surface area contributed by atoms with Gasteiger partial charge in [0.25, 0.3) is 11.6 Å². The van der Waals surface area contributed by atoms with Crippen molar-refractivity contribution in [3.8, 4) is 0 Å². The van der Waals surface area contributed by atoms with Gasteiger partial charge in [0.1, 0.15) is 5.69 Å². The second-order valence-electron chi connectivity index (χ2n) is 5.04. The Morgan fingerprint density at radius 3 is 2.95 bits per heavy atom. The molecule has 0 heterocycles. The lowest BCUT2D eigenvalue weighted by Crippen LogP contribution is -2.38. The number of rotatable bonds is 5. The van der Waals surface area contributed by atoms with Crippen molar-refractivity contribution in [2.24, 2.45) is 0 Å². The highest BCUT2D eigenvalue weighted by molar-refractivity contribution is 7.99. The lowest BCUT2D eigenvalue weighted by atomic mass is 10.1. The molecule has 2 atom stereocenters. The van der Waals surface area contributed by atoms with E-state index in [0.29, 0.717) is 5.25 Å². The van der Waals surface area contributed by atoms with Crippen molar-refractivity contribution in [1.29, 1.82) is 0 Å². The summed E-state index contributed by atoms with van der Waals surface area (Å²) in [5.41, 5.74) is 5.66. The van der Waals surface area contributed by atoms with Crippen LogP contribution in [-0.2, 0) is 0 Å². The number of thioether (sulfide) groups is 1. The summed E-state index contributed by atoms with van der Waals surface area (Å²) < 4.78 is 0. The minimum atomic E-state index is -0.572. The van der Waals surface area contributed by atoms with Gasteiger partial charge >= 0.3 is 0 Å². The van der Waals surface area contributed by atoms with Crippen LogP contribution in [0.3, 0.4) is 0 Å². The van der Waals surface area contributed by atoms with Gasteiger partial charge in [-0.2, -0.15) is 11.8 Å². The summed E-state index contributed by atoms with van der Waals surface area (Å²) in [4.78, 5) is 22.5. The lowest BCUT2D eigenvalue weighted by Gasteiger charge is -2.20. The smallest absolute Gasteiger partial charge is 0.292 e. The Morgan fingerprint density at radius 1 is 1.52 bits per heavy atom. The maximum atomic E-state index is 12.3. The van der Waals surface area contributed by atoms with E-state index < -0.39 is 4.92 Å². The molecule has 0 spiro atoms. The molecule has 1 aromatic rings. The van der Waals surface area contributed by atoms with E-state index in [1.54, 1.807) is 0 Å². The van der Waals surface area contributed by atoms with Crippen LogP contribution in [-0.4, -0.2) is 27.9 Å². The third kappa shape index (κ3) is 3.66. The van der Waals surface area contributed by atoms with Crippen LogP contribution < -0.4 is 11.1 Å². The van der Waals surface area contributed by atoms with E-state index in [1.807, 2.05) is 11.8 Å². The quantitative estimate of drug-likeness (QED) is 0.495. The molecular formula is C14H19N3O3S. The van der Waals surface area contributed by atoms with E-state index in [0.717, 1.165) is 25.0 Å². The van der Waals surface area contributed by atoms with E-state index in [9.17, 15) is 14.9 Å². The Labute approximate surface area is 127 Å². The molecule has 21 heavy (non-hydrogen) atoms. The van der Waals surface area contributed by atoms with Gasteiger partial charge in [-0.15, -0.1) is 0 Å². The zero-order valence-electron chi connectivity index (χ0n) is 11.9. The number of hydrogen-bond donors (Lipinski definition) is 2. The molecule has 0 radical (unpaired) electrons. The first-order chi connectivity index (χ1) is 10.0. The summed E-state index contributed by atoms with van der Waals surface area (Å²) in [5, 5.41) is 14.3. The van der Waals surface area contributed by atoms with Gasteiger partial charge in [-0.25, -0.2) is 0 Å². The molecule has 1 fully saturated rings. The number of nitrogen functional groups attached to an aromatic ring is 1. The molecule has 2 unspecified atom stereocenters. The van der Waals surface area contributed by atoms with Gasteiger partial charge in [-0.3, -0.25) is 14.9 Å². The molecule has 1 aliphatic carbocycles. The Bertz CT molecular complexity index is 550. The molecule has 0 saturated heterocycles. The lowest BCUT2D eigenvalue weighted by molar-refractivity contribution is -0.383. The summed E-state index contributed by atoms with van der Waals surface area (Å²) in [6.45, 7) is 2.10. The van der Waals surface area contributed by atoms with Crippen LogP contribution in [0.25, 0.3) is 0 Å². The minimum Gasteiger partial charge on any atom is -0.393 e. The number of carbonyl (C=O) groups is 1. The van der Waals surface area contributed by atoms with Crippen molar-refractivity contribution in [1.82, 2.24) is 5.32 Å². The summed E-state index contributed by atoms with van der Waals surface area (Å²) in [5.74, 6) is 0.747. The second-order valence-corrected chi connectivity index (χ2v) is 6.55. The van der Waals surface area contributed by atoms with Gasteiger partial charge in [-0.1, -0.05) is 13.3 Å². The van der Waals surface area contributed by atoms with E-state index in [-0.39, 0.29) is 28.9 Å². The molecular weight excluding hydrogens is 290 g/mol. The number of nitrogens with zero attached hydrogens (tertiary/aromatic N) is 1. The Kier molecular flexibility index (Phi) is 5.06. The molecule has 3 N–H and O–H groups in total. The highest BCUT2D eigenvalue weighted by Crippen LogP contribution is 2.30. The van der Waals surface area contributed by atoms with Crippen LogP contribution in [0.15, 0.2) is 18.2 Å². The average Bonchev–Trinajstić information content (AvgIpc) is 2.86. The minimum absolute atomic E-state index is 0.0665. The summed E-state index contributed by atoms with van der Waals surface area (Å²) >= 11 is 1.85. The van der Waals surface area contributed by atoms with Crippen molar-refractivity contribution in [2.45, 2.75) is 37.5 Å². The molecule has 6 nitrogen and oxygen atoms in total. The van der Waals surface area contributed by atoms with Crippen molar-refractivity contribution < 1.29 is 9.72 Å². The van der Waals surface area contributed by atoms with Crippen molar-refractivity contribution in [3.63, 3.8) is 0 Å². The predicted octanol–water partition coefficient (Wildman–Crippen LogP) is 2.58. The Hall–Kier alpha value is -1.76. The predicted molar refractivity (Wildman–Crippen MR) is 84.5 cm³/mol. The van der Waals surface area contributed by atoms with Crippen LogP contribution in [0.1, 0.15) is 36.5 Å². The number of anilines is 1. The summed E-state index contributed by atoms with van der Waals surface area (Å²) in [6, 6.07) is 4.30. The fraction of sp³-hybridized carbons (Fsp3) is 0.500. The molecule has 2 rings (SSSR count). The number of nitro groups is 1. The normalized spacial score (nSPS) is 21.2. The highest BCUT2D eigenvalue weighted by atomic mass is 32.2. The molecule has 114 valence electrons. The van der Waals surface area contributed by atoms with Crippen LogP contribution in [0, 0.1) is 10.1 Å². The number of nitrogens with one attached hydrogen (secondary N) is 1. The van der Waals surface area contributed by atoms with Gasteiger partial charge in [0.15, 0.2) is 0 Å². The van der Waals surface area contributed by atoms with Crippen LogP contribution >= 0.6 is 11.8 Å². The second kappa shape index (κ2) is 6.80. The summed E-state index contributed by atoms with van der Waals surface area (Å²) in [7, 11) is 0. The fourth-order valence-corrected chi connectivity index (χ4v) is 3.80. The van der Waals surface area contributed by atoms with Crippen molar-refractivity contribution in [3.05, 3.63) is 33.9 Å². The molecule has 7 heteroatoms. The van der Waals surface area contributed by atoms with E-state index in [4.69, 9.17) is 5.73 Å².